The van der Waals surface area contributed by atoms with Gasteiger partial charge < -0.3 is 20.1 Å². The number of nitrogens with one attached hydrogen (secondary N) is 2. The molecule has 0 aliphatic carbocycles. The SMILES string of the molecule is COc1ccc(OC)c(CNC(=O)Nc2ccc(F)cc2)c1. The van der Waals surface area contributed by atoms with Crippen molar-refractivity contribution < 1.29 is 18.7 Å². The Bertz CT molecular complexity index is 644. The van der Waals surface area contributed by atoms with Gasteiger partial charge in [0.1, 0.15) is 17.3 Å². The number of hydrogen-bond acceptors (Lipinski definition) is 3. The fraction of sp³-hybridized carbons (Fsp3) is 0.188. The van der Waals surface area contributed by atoms with Crippen LogP contribution in [0.5, 0.6) is 11.5 Å². The van der Waals surface area contributed by atoms with Crippen LogP contribution in [0.4, 0.5) is 14.9 Å². The Labute approximate surface area is 128 Å². The summed E-state index contributed by atoms with van der Waals surface area (Å²) in [5.74, 6) is 0.978. The van der Waals surface area contributed by atoms with E-state index in [2.05, 4.69) is 10.6 Å². The monoisotopic (exact) mass is 304 g/mol. The van der Waals surface area contributed by atoms with Gasteiger partial charge >= 0.3 is 6.03 Å². The van der Waals surface area contributed by atoms with Gasteiger partial charge in [0.2, 0.25) is 0 Å². The van der Waals surface area contributed by atoms with Crippen LogP contribution in [0.3, 0.4) is 0 Å². The summed E-state index contributed by atoms with van der Waals surface area (Å²) in [5, 5.41) is 5.33. The Hall–Kier alpha value is -2.76. The quantitative estimate of drug-likeness (QED) is 0.892. The first-order valence-corrected chi connectivity index (χ1v) is 6.63. The van der Waals surface area contributed by atoms with Crippen molar-refractivity contribution in [2.75, 3.05) is 19.5 Å². The van der Waals surface area contributed by atoms with Crippen molar-refractivity contribution in [2.45, 2.75) is 6.54 Å². The van der Waals surface area contributed by atoms with Crippen LogP contribution in [0, 0.1) is 5.82 Å². The van der Waals surface area contributed by atoms with Crippen molar-refractivity contribution >= 4 is 11.7 Å². The second-order valence-electron chi connectivity index (χ2n) is 4.49. The normalized spacial score (nSPS) is 9.95. The summed E-state index contributed by atoms with van der Waals surface area (Å²) in [4.78, 5) is 11.8. The van der Waals surface area contributed by atoms with Gasteiger partial charge in [0.15, 0.2) is 0 Å². The van der Waals surface area contributed by atoms with Crippen LogP contribution in [0.2, 0.25) is 0 Å². The molecule has 0 radical (unpaired) electrons. The van der Waals surface area contributed by atoms with E-state index >= 15 is 0 Å². The zero-order valence-corrected chi connectivity index (χ0v) is 12.4. The van der Waals surface area contributed by atoms with Crippen molar-refractivity contribution in [3.05, 3.63) is 53.8 Å². The van der Waals surface area contributed by atoms with Crippen LogP contribution < -0.4 is 20.1 Å². The van der Waals surface area contributed by atoms with Crippen LogP contribution in [-0.2, 0) is 6.54 Å². The molecule has 0 aliphatic rings. The highest BCUT2D eigenvalue weighted by Crippen LogP contribution is 2.23. The summed E-state index contributed by atoms with van der Waals surface area (Å²) in [6.45, 7) is 0.271. The third kappa shape index (κ3) is 4.12. The zero-order valence-electron chi connectivity index (χ0n) is 12.4. The van der Waals surface area contributed by atoms with Crippen molar-refractivity contribution in [2.24, 2.45) is 0 Å². The highest BCUT2D eigenvalue weighted by atomic mass is 19.1. The van der Waals surface area contributed by atoms with E-state index < -0.39 is 6.03 Å². The van der Waals surface area contributed by atoms with E-state index in [1.807, 2.05) is 0 Å². The van der Waals surface area contributed by atoms with Gasteiger partial charge in [0, 0.05) is 17.8 Å². The molecule has 0 unspecified atom stereocenters. The molecule has 0 spiro atoms. The van der Waals surface area contributed by atoms with Crippen molar-refractivity contribution in [3.63, 3.8) is 0 Å². The van der Waals surface area contributed by atoms with Crippen LogP contribution in [-0.4, -0.2) is 20.3 Å². The van der Waals surface area contributed by atoms with Crippen LogP contribution in [0.15, 0.2) is 42.5 Å². The molecule has 5 nitrogen and oxygen atoms in total. The second kappa shape index (κ2) is 7.31. The van der Waals surface area contributed by atoms with E-state index in [1.165, 1.54) is 24.3 Å². The molecule has 0 atom stereocenters. The van der Waals surface area contributed by atoms with Gasteiger partial charge in [-0.3, -0.25) is 0 Å². The molecule has 0 aromatic heterocycles. The van der Waals surface area contributed by atoms with E-state index in [4.69, 9.17) is 9.47 Å². The number of amides is 2. The number of anilines is 1. The molecule has 2 N–H and O–H groups in total. The Balaban J connectivity index is 1.97. The van der Waals surface area contributed by atoms with Crippen molar-refractivity contribution in [1.82, 2.24) is 5.32 Å². The minimum atomic E-state index is -0.392. The van der Waals surface area contributed by atoms with Gasteiger partial charge in [-0.25, -0.2) is 9.18 Å². The lowest BCUT2D eigenvalue weighted by Crippen LogP contribution is -2.28. The van der Waals surface area contributed by atoms with Crippen molar-refractivity contribution in [3.8, 4) is 11.5 Å². The Kier molecular flexibility index (Phi) is 5.19. The minimum absolute atomic E-state index is 0.271. The molecule has 0 aliphatic heterocycles. The fourth-order valence-corrected chi connectivity index (χ4v) is 1.90. The summed E-state index contributed by atoms with van der Waals surface area (Å²) in [6.07, 6.45) is 0. The topological polar surface area (TPSA) is 59.6 Å². The highest BCUT2D eigenvalue weighted by Gasteiger charge is 2.07. The first-order chi connectivity index (χ1) is 10.6. The lowest BCUT2D eigenvalue weighted by molar-refractivity contribution is 0.251. The first-order valence-electron chi connectivity index (χ1n) is 6.63. The Morgan fingerprint density at radius 2 is 1.82 bits per heavy atom. The summed E-state index contributed by atoms with van der Waals surface area (Å²) in [7, 11) is 3.13. The molecule has 22 heavy (non-hydrogen) atoms. The lowest BCUT2D eigenvalue weighted by atomic mass is 10.2. The Morgan fingerprint density at radius 1 is 1.09 bits per heavy atom. The van der Waals surface area contributed by atoms with E-state index in [0.717, 1.165) is 5.56 Å². The molecule has 2 rings (SSSR count). The average molecular weight is 304 g/mol. The van der Waals surface area contributed by atoms with Gasteiger partial charge in [-0.1, -0.05) is 0 Å². The van der Waals surface area contributed by atoms with Crippen LogP contribution in [0.1, 0.15) is 5.56 Å². The van der Waals surface area contributed by atoms with Crippen molar-refractivity contribution in [1.29, 1.82) is 0 Å². The molecule has 2 amide bonds. The smallest absolute Gasteiger partial charge is 0.319 e. The Morgan fingerprint density at radius 3 is 2.45 bits per heavy atom. The molecule has 2 aromatic carbocycles. The third-order valence-electron chi connectivity index (χ3n) is 3.03. The number of carbonyl (C=O) groups excluding carboxylic acids is 1. The van der Waals surface area contributed by atoms with Gasteiger partial charge in [0.05, 0.1) is 14.2 Å². The molecular weight excluding hydrogens is 287 g/mol. The average Bonchev–Trinajstić information content (AvgIpc) is 2.54. The summed E-state index contributed by atoms with van der Waals surface area (Å²) < 4.78 is 23.2. The maximum absolute atomic E-state index is 12.8. The predicted octanol–water partition coefficient (Wildman–Crippen LogP) is 3.16. The standard InChI is InChI=1S/C16H17FN2O3/c1-21-14-7-8-15(22-2)11(9-14)10-18-16(20)19-13-5-3-12(17)4-6-13/h3-9H,10H2,1-2H3,(H2,18,19,20). The summed E-state index contributed by atoms with van der Waals surface area (Å²) in [5.41, 5.74) is 1.30. The van der Waals surface area contributed by atoms with Crippen LogP contribution in [0.25, 0.3) is 0 Å². The third-order valence-corrected chi connectivity index (χ3v) is 3.03. The zero-order chi connectivity index (χ0) is 15.9. The maximum Gasteiger partial charge on any atom is 0.319 e. The lowest BCUT2D eigenvalue weighted by Gasteiger charge is -2.12. The molecule has 0 bridgehead atoms. The number of rotatable bonds is 5. The van der Waals surface area contributed by atoms with Gasteiger partial charge in [0.25, 0.3) is 0 Å². The number of hydrogen-bond donors (Lipinski definition) is 2. The number of carbonyl (C=O) groups is 1. The van der Waals surface area contributed by atoms with E-state index in [0.29, 0.717) is 17.2 Å². The molecule has 0 saturated heterocycles. The molecule has 2 aromatic rings. The number of urea groups is 1. The largest absolute Gasteiger partial charge is 0.497 e. The van der Waals surface area contributed by atoms with Gasteiger partial charge in [-0.2, -0.15) is 0 Å². The number of benzene rings is 2. The first kappa shape index (κ1) is 15.6. The predicted molar refractivity (Wildman–Crippen MR) is 81.8 cm³/mol. The molecule has 0 fully saturated rings. The molecule has 116 valence electrons. The van der Waals surface area contributed by atoms with E-state index in [9.17, 15) is 9.18 Å². The second-order valence-corrected chi connectivity index (χ2v) is 4.49. The fourth-order valence-electron chi connectivity index (χ4n) is 1.90. The molecular formula is C16H17FN2O3. The number of ether oxygens (including phenoxy) is 2. The molecule has 6 heteroatoms. The van der Waals surface area contributed by atoms with Gasteiger partial charge in [-0.05, 0) is 42.5 Å². The molecule has 0 heterocycles. The molecule has 0 saturated carbocycles. The van der Waals surface area contributed by atoms with E-state index in [1.54, 1.807) is 32.4 Å². The minimum Gasteiger partial charge on any atom is -0.497 e. The number of halogens is 1. The van der Waals surface area contributed by atoms with E-state index in [-0.39, 0.29) is 12.4 Å². The highest BCUT2D eigenvalue weighted by molar-refractivity contribution is 5.89. The van der Waals surface area contributed by atoms with Crippen LogP contribution >= 0.6 is 0 Å². The summed E-state index contributed by atoms with van der Waals surface area (Å²) >= 11 is 0. The summed E-state index contributed by atoms with van der Waals surface area (Å²) in [6, 6.07) is 10.5. The number of methoxy groups -OCH3 is 2. The maximum atomic E-state index is 12.8. The van der Waals surface area contributed by atoms with Gasteiger partial charge in [-0.15, -0.1) is 0 Å².